The van der Waals surface area contributed by atoms with Crippen LogP contribution in [0, 0.1) is 0 Å². The predicted molar refractivity (Wildman–Crippen MR) is 88.7 cm³/mol. The molecule has 20 heavy (non-hydrogen) atoms. The summed E-state index contributed by atoms with van der Waals surface area (Å²) in [7, 11) is 0. The molecule has 112 valence electrons. The fourth-order valence-electron chi connectivity index (χ4n) is 3.04. The number of rotatable bonds is 7. The van der Waals surface area contributed by atoms with Gasteiger partial charge in [0, 0.05) is 6.54 Å². The van der Waals surface area contributed by atoms with E-state index in [1.807, 2.05) is 0 Å². The molecular weight excluding hydrogens is 266 g/mol. The molecule has 1 atom stereocenters. The van der Waals surface area contributed by atoms with Gasteiger partial charge >= 0.3 is 0 Å². The zero-order valence-corrected chi connectivity index (χ0v) is 13.8. The van der Waals surface area contributed by atoms with Gasteiger partial charge in [0.2, 0.25) is 0 Å². The molecule has 0 aromatic heterocycles. The number of hydrogen-bond acceptors (Lipinski definition) is 1. The second-order valence-corrected chi connectivity index (χ2v) is 6.48. The van der Waals surface area contributed by atoms with E-state index in [1.54, 1.807) is 5.56 Å². The van der Waals surface area contributed by atoms with Gasteiger partial charge in [-0.1, -0.05) is 38.5 Å². The van der Waals surface area contributed by atoms with Gasteiger partial charge < -0.3 is 4.90 Å². The molecule has 1 aliphatic carbocycles. The maximum absolute atomic E-state index is 6.66. The van der Waals surface area contributed by atoms with Crippen molar-refractivity contribution in [2.45, 2.75) is 57.7 Å². The number of hydrogen-bond donors (Lipinski definition) is 0. The number of halogens is 1. The summed E-state index contributed by atoms with van der Waals surface area (Å²) in [5.74, 6) is 0. The molecule has 0 radical (unpaired) electrons. The van der Waals surface area contributed by atoms with Crippen LogP contribution in [0.2, 0.25) is 0 Å². The molecule has 0 saturated carbocycles. The van der Waals surface area contributed by atoms with E-state index in [0.717, 1.165) is 13.1 Å². The summed E-state index contributed by atoms with van der Waals surface area (Å²) < 4.78 is 0. The van der Waals surface area contributed by atoms with Crippen molar-refractivity contribution < 1.29 is 0 Å². The molecule has 0 fully saturated rings. The van der Waals surface area contributed by atoms with E-state index in [0.29, 0.717) is 0 Å². The van der Waals surface area contributed by atoms with E-state index in [1.165, 1.54) is 56.2 Å². The summed E-state index contributed by atoms with van der Waals surface area (Å²) in [6.45, 7) is 7.70. The lowest BCUT2D eigenvalue weighted by molar-refractivity contribution is 0.283. The Balaban J connectivity index is 1.99. The third-order valence-electron chi connectivity index (χ3n) is 4.43. The van der Waals surface area contributed by atoms with Crippen molar-refractivity contribution in [1.29, 1.82) is 0 Å². The van der Waals surface area contributed by atoms with Crippen LogP contribution in [0.5, 0.6) is 0 Å². The van der Waals surface area contributed by atoms with Crippen molar-refractivity contribution in [3.8, 4) is 0 Å². The number of nitrogens with zero attached hydrogens (tertiary/aromatic N) is 1. The topological polar surface area (TPSA) is 3.24 Å². The third kappa shape index (κ3) is 4.23. The molecule has 1 nitrogen and oxygen atoms in total. The Bertz CT molecular complexity index is 416. The zero-order valence-electron chi connectivity index (χ0n) is 13.0. The molecule has 1 aromatic rings. The highest BCUT2D eigenvalue weighted by molar-refractivity contribution is 6.21. The van der Waals surface area contributed by atoms with Crippen molar-refractivity contribution in [2.75, 3.05) is 19.6 Å². The molecule has 0 aliphatic heterocycles. The van der Waals surface area contributed by atoms with Crippen LogP contribution in [0.4, 0.5) is 0 Å². The van der Waals surface area contributed by atoms with Crippen molar-refractivity contribution >= 4 is 11.6 Å². The average Bonchev–Trinajstić information content (AvgIpc) is 2.50. The molecule has 2 heteroatoms. The summed E-state index contributed by atoms with van der Waals surface area (Å²) in [5.41, 5.74) is 4.39. The number of unbranched alkanes of at least 4 members (excludes halogenated alkanes) is 1. The maximum atomic E-state index is 6.66. The molecule has 0 spiro atoms. The van der Waals surface area contributed by atoms with Crippen molar-refractivity contribution in [3.63, 3.8) is 0 Å². The Labute approximate surface area is 129 Å². The van der Waals surface area contributed by atoms with Crippen molar-refractivity contribution in [3.05, 3.63) is 34.9 Å². The monoisotopic (exact) mass is 293 g/mol. The second kappa shape index (κ2) is 8.05. The Kier molecular flexibility index (Phi) is 6.38. The molecule has 0 bridgehead atoms. The lowest BCUT2D eigenvalue weighted by Crippen LogP contribution is -2.28. The lowest BCUT2D eigenvalue weighted by Gasteiger charge is -2.24. The van der Waals surface area contributed by atoms with Gasteiger partial charge in [0.1, 0.15) is 0 Å². The minimum atomic E-state index is 0.124. The van der Waals surface area contributed by atoms with Crippen LogP contribution in [0.1, 0.15) is 61.6 Å². The predicted octanol–water partition coefficient (Wildman–Crippen LogP) is 4.97. The molecule has 0 saturated heterocycles. The molecular formula is C18H28ClN. The number of likely N-dealkylation sites (N-methyl/N-ethyl adjacent to an activating group) is 1. The number of alkyl halides is 1. The Morgan fingerprint density at radius 1 is 1.15 bits per heavy atom. The summed E-state index contributed by atoms with van der Waals surface area (Å²) >= 11 is 6.66. The van der Waals surface area contributed by atoms with Crippen LogP contribution in [0.25, 0.3) is 0 Å². The van der Waals surface area contributed by atoms with E-state index in [-0.39, 0.29) is 5.38 Å². The summed E-state index contributed by atoms with van der Waals surface area (Å²) in [6, 6.07) is 6.91. The Morgan fingerprint density at radius 2 is 1.90 bits per heavy atom. The standard InChI is InChI=1S/C18H28ClN/c1-3-5-12-20(4-2)14-18(19)17-11-10-15-8-6-7-9-16(15)13-17/h10-11,13,18H,3-9,12,14H2,1-2H3. The fraction of sp³-hybridized carbons (Fsp3) is 0.667. The zero-order chi connectivity index (χ0) is 14.4. The number of aryl methyl sites for hydroxylation is 2. The largest absolute Gasteiger partial charge is 0.302 e. The normalized spacial score (nSPS) is 16.2. The highest BCUT2D eigenvalue weighted by atomic mass is 35.5. The van der Waals surface area contributed by atoms with E-state index in [2.05, 4.69) is 36.9 Å². The van der Waals surface area contributed by atoms with Gasteiger partial charge in [-0.15, -0.1) is 11.6 Å². The Hall–Kier alpha value is -0.530. The van der Waals surface area contributed by atoms with Crippen molar-refractivity contribution in [2.24, 2.45) is 0 Å². The van der Waals surface area contributed by atoms with E-state index in [9.17, 15) is 0 Å². The van der Waals surface area contributed by atoms with Gasteiger partial charge in [-0.25, -0.2) is 0 Å². The maximum Gasteiger partial charge on any atom is 0.0712 e. The fourth-order valence-corrected chi connectivity index (χ4v) is 3.37. The van der Waals surface area contributed by atoms with E-state index >= 15 is 0 Å². The molecule has 1 unspecified atom stereocenters. The summed E-state index contributed by atoms with van der Waals surface area (Å²) in [5, 5.41) is 0.124. The molecule has 0 amide bonds. The third-order valence-corrected chi connectivity index (χ3v) is 4.82. The smallest absolute Gasteiger partial charge is 0.0712 e. The van der Waals surface area contributed by atoms with E-state index < -0.39 is 0 Å². The minimum Gasteiger partial charge on any atom is -0.302 e. The van der Waals surface area contributed by atoms with Gasteiger partial charge in [0.15, 0.2) is 0 Å². The molecule has 0 heterocycles. The highest BCUT2D eigenvalue weighted by Crippen LogP contribution is 2.28. The van der Waals surface area contributed by atoms with Gasteiger partial charge in [-0.05, 0) is 61.9 Å². The van der Waals surface area contributed by atoms with Crippen LogP contribution >= 0.6 is 11.6 Å². The van der Waals surface area contributed by atoms with Crippen LogP contribution < -0.4 is 0 Å². The van der Waals surface area contributed by atoms with Crippen molar-refractivity contribution in [1.82, 2.24) is 4.90 Å². The van der Waals surface area contributed by atoms with Gasteiger partial charge in [0.25, 0.3) is 0 Å². The van der Waals surface area contributed by atoms with Gasteiger partial charge in [0.05, 0.1) is 5.38 Å². The minimum absolute atomic E-state index is 0.124. The van der Waals surface area contributed by atoms with Crippen LogP contribution in [0.3, 0.4) is 0 Å². The Morgan fingerprint density at radius 3 is 2.60 bits per heavy atom. The first kappa shape index (κ1) is 15.9. The molecule has 1 aromatic carbocycles. The van der Waals surface area contributed by atoms with Gasteiger partial charge in [-0.2, -0.15) is 0 Å². The number of benzene rings is 1. The molecule has 0 N–H and O–H groups in total. The van der Waals surface area contributed by atoms with Gasteiger partial charge in [-0.3, -0.25) is 0 Å². The van der Waals surface area contributed by atoms with Crippen LogP contribution in [-0.2, 0) is 12.8 Å². The lowest BCUT2D eigenvalue weighted by atomic mass is 9.90. The average molecular weight is 294 g/mol. The molecule has 1 aliphatic rings. The van der Waals surface area contributed by atoms with Crippen LogP contribution in [-0.4, -0.2) is 24.5 Å². The first-order chi connectivity index (χ1) is 9.74. The first-order valence-electron chi connectivity index (χ1n) is 8.22. The quantitative estimate of drug-likeness (QED) is 0.642. The summed E-state index contributed by atoms with van der Waals surface area (Å²) in [4.78, 5) is 2.47. The first-order valence-corrected chi connectivity index (χ1v) is 8.66. The highest BCUT2D eigenvalue weighted by Gasteiger charge is 2.15. The number of fused-ring (bicyclic) bond motifs is 1. The van der Waals surface area contributed by atoms with E-state index in [4.69, 9.17) is 11.6 Å². The summed E-state index contributed by atoms with van der Waals surface area (Å²) in [6.07, 6.45) is 7.68. The SMILES string of the molecule is CCCCN(CC)CC(Cl)c1ccc2c(c1)CCCC2. The molecule has 2 rings (SSSR count). The van der Waals surface area contributed by atoms with Crippen LogP contribution in [0.15, 0.2) is 18.2 Å². The second-order valence-electron chi connectivity index (χ2n) is 5.95.